The minimum Gasteiger partial charge on any atom is -0.359 e. The Bertz CT molecular complexity index is 1050. The van der Waals surface area contributed by atoms with Gasteiger partial charge in [0, 0.05) is 17.8 Å². The summed E-state index contributed by atoms with van der Waals surface area (Å²) in [6.45, 7) is 8.24. The quantitative estimate of drug-likeness (QED) is 0.559. The molecule has 5 rings (SSSR count). The topological polar surface area (TPSA) is 87.7 Å². The highest BCUT2D eigenvalue weighted by atomic mass is 16.5. The van der Waals surface area contributed by atoms with E-state index in [4.69, 9.17) is 4.74 Å². The van der Waals surface area contributed by atoms with Crippen LogP contribution in [-0.4, -0.2) is 52.5 Å². The molecule has 1 saturated carbocycles. The van der Waals surface area contributed by atoms with E-state index in [9.17, 15) is 14.4 Å². The third kappa shape index (κ3) is 4.05. The summed E-state index contributed by atoms with van der Waals surface area (Å²) in [6, 6.07) is 7.04. The number of fused-ring (bicyclic) bond motifs is 1. The van der Waals surface area contributed by atoms with Crippen molar-refractivity contribution in [1.82, 2.24) is 10.2 Å². The third-order valence-corrected chi connectivity index (χ3v) is 8.73. The lowest BCUT2D eigenvalue weighted by atomic mass is 9.74. The van der Waals surface area contributed by atoms with Gasteiger partial charge in [-0.15, -0.1) is 0 Å². The van der Waals surface area contributed by atoms with E-state index in [0.29, 0.717) is 18.0 Å². The Balaban J connectivity index is 1.41. The Morgan fingerprint density at radius 3 is 2.42 bits per heavy atom. The van der Waals surface area contributed by atoms with Crippen molar-refractivity contribution in [2.24, 2.45) is 11.8 Å². The summed E-state index contributed by atoms with van der Waals surface area (Å²) >= 11 is 0. The zero-order chi connectivity index (χ0) is 25.6. The Morgan fingerprint density at radius 2 is 1.78 bits per heavy atom. The van der Waals surface area contributed by atoms with Crippen molar-refractivity contribution in [3.05, 3.63) is 42.0 Å². The fraction of sp³-hybridized carbons (Fsp3) is 0.621. The van der Waals surface area contributed by atoms with Crippen molar-refractivity contribution in [1.29, 1.82) is 0 Å². The van der Waals surface area contributed by atoms with E-state index >= 15 is 0 Å². The lowest BCUT2D eigenvalue weighted by Crippen LogP contribution is -2.58. The molecule has 1 aromatic carbocycles. The number of nitrogens with zero attached hydrogens (tertiary/aromatic N) is 1. The van der Waals surface area contributed by atoms with Gasteiger partial charge in [-0.25, -0.2) is 0 Å². The minimum absolute atomic E-state index is 0.131. The van der Waals surface area contributed by atoms with Crippen LogP contribution in [0.2, 0.25) is 0 Å². The van der Waals surface area contributed by atoms with Crippen molar-refractivity contribution < 1.29 is 19.1 Å². The summed E-state index contributed by atoms with van der Waals surface area (Å²) in [7, 11) is 0. The van der Waals surface area contributed by atoms with Crippen LogP contribution in [0, 0.1) is 11.8 Å². The van der Waals surface area contributed by atoms with E-state index in [2.05, 4.69) is 24.5 Å². The molecule has 1 aromatic rings. The van der Waals surface area contributed by atoms with Crippen LogP contribution in [0.1, 0.15) is 77.7 Å². The number of hydrogen-bond acceptors (Lipinski definition) is 4. The molecule has 36 heavy (non-hydrogen) atoms. The molecule has 2 bridgehead atoms. The zero-order valence-corrected chi connectivity index (χ0v) is 21.8. The molecule has 1 spiro atoms. The highest BCUT2D eigenvalue weighted by molar-refractivity contribution is 6.02. The molecule has 7 nitrogen and oxygen atoms in total. The number of likely N-dealkylation sites (tertiary alicyclic amines) is 1. The molecule has 0 aromatic heterocycles. The molecule has 3 fully saturated rings. The summed E-state index contributed by atoms with van der Waals surface area (Å²) in [5.74, 6) is -1.54. The van der Waals surface area contributed by atoms with Crippen LogP contribution in [0.4, 0.5) is 5.69 Å². The molecule has 3 heterocycles. The first kappa shape index (κ1) is 25.0. The Labute approximate surface area is 214 Å². The number of rotatable bonds is 7. The predicted molar refractivity (Wildman–Crippen MR) is 138 cm³/mol. The fourth-order valence-corrected chi connectivity index (χ4v) is 6.58. The summed E-state index contributed by atoms with van der Waals surface area (Å²) < 4.78 is 6.43. The second kappa shape index (κ2) is 9.66. The molecule has 194 valence electrons. The summed E-state index contributed by atoms with van der Waals surface area (Å²) in [5, 5.41) is 6.24. The largest absolute Gasteiger partial charge is 0.359 e. The average molecular weight is 494 g/mol. The molecule has 3 aliphatic heterocycles. The van der Waals surface area contributed by atoms with Gasteiger partial charge < -0.3 is 20.3 Å². The van der Waals surface area contributed by atoms with Gasteiger partial charge in [0.15, 0.2) is 0 Å². The highest BCUT2D eigenvalue weighted by Gasteiger charge is 2.73. The van der Waals surface area contributed by atoms with Gasteiger partial charge in [-0.3, -0.25) is 14.4 Å². The van der Waals surface area contributed by atoms with Crippen LogP contribution in [0.5, 0.6) is 0 Å². The Kier molecular flexibility index (Phi) is 6.70. The number of hydrogen-bond donors (Lipinski definition) is 2. The minimum atomic E-state index is -1.10. The summed E-state index contributed by atoms with van der Waals surface area (Å²) in [6.07, 6.45) is 9.30. The van der Waals surface area contributed by atoms with Crippen molar-refractivity contribution in [3.8, 4) is 0 Å². The van der Waals surface area contributed by atoms with E-state index < -0.39 is 29.6 Å². The normalized spacial score (nSPS) is 32.1. The second-order valence-electron chi connectivity index (χ2n) is 11.3. The molecular formula is C29H39N3O4. The number of anilines is 1. The van der Waals surface area contributed by atoms with Crippen LogP contribution < -0.4 is 10.6 Å². The first-order valence-electron chi connectivity index (χ1n) is 13.7. The van der Waals surface area contributed by atoms with Gasteiger partial charge in [-0.05, 0) is 49.8 Å². The van der Waals surface area contributed by atoms with Crippen molar-refractivity contribution >= 4 is 23.4 Å². The lowest BCUT2D eigenvalue weighted by Gasteiger charge is -2.36. The second-order valence-corrected chi connectivity index (χ2v) is 11.3. The first-order valence-corrected chi connectivity index (χ1v) is 13.7. The van der Waals surface area contributed by atoms with Gasteiger partial charge in [0.25, 0.3) is 0 Å². The Hall–Kier alpha value is -2.67. The average Bonchev–Trinajstić information content (AvgIpc) is 3.51. The number of carbonyl (C=O) groups is 3. The van der Waals surface area contributed by atoms with Crippen LogP contribution >= 0.6 is 0 Å². The highest BCUT2D eigenvalue weighted by Crippen LogP contribution is 2.55. The molecular weight excluding hydrogens is 454 g/mol. The number of carbonyl (C=O) groups excluding carboxylic acids is 3. The molecule has 2 saturated heterocycles. The van der Waals surface area contributed by atoms with Crippen molar-refractivity contribution in [2.75, 3.05) is 5.32 Å². The van der Waals surface area contributed by atoms with Crippen LogP contribution in [0.25, 0.3) is 0 Å². The van der Waals surface area contributed by atoms with E-state index in [0.717, 1.165) is 25.7 Å². The fourth-order valence-electron chi connectivity index (χ4n) is 6.58. The van der Waals surface area contributed by atoms with Gasteiger partial charge in [-0.2, -0.15) is 0 Å². The van der Waals surface area contributed by atoms with Gasteiger partial charge in [-0.1, -0.05) is 64.3 Å². The molecule has 6 atom stereocenters. The Morgan fingerprint density at radius 1 is 1.08 bits per heavy atom. The van der Waals surface area contributed by atoms with Crippen LogP contribution in [-0.2, 0) is 19.1 Å². The van der Waals surface area contributed by atoms with Gasteiger partial charge in [0.1, 0.15) is 11.6 Å². The SMILES string of the molecule is CC[C@H](C)N1C(=O)[C@H]2[C@H](C(=O)Nc3ccc(C(C)C)cc3)[C@H]3C=C[C@@]2(O3)[C@H]1C(=O)NC1CCCCC1. The number of amides is 3. The van der Waals surface area contributed by atoms with E-state index in [1.807, 2.05) is 50.3 Å². The molecule has 0 unspecified atom stereocenters. The van der Waals surface area contributed by atoms with E-state index in [1.54, 1.807) is 4.90 Å². The number of benzene rings is 1. The van der Waals surface area contributed by atoms with Crippen LogP contribution in [0.15, 0.2) is 36.4 Å². The number of ether oxygens (including phenoxy) is 1. The maximum Gasteiger partial charge on any atom is 0.246 e. The van der Waals surface area contributed by atoms with Gasteiger partial charge in [0.2, 0.25) is 17.7 Å². The van der Waals surface area contributed by atoms with E-state index in [1.165, 1.54) is 12.0 Å². The van der Waals surface area contributed by atoms with Crippen LogP contribution in [0.3, 0.4) is 0 Å². The standard InChI is InChI=1S/C29H39N3O4/c1-5-18(4)32-25(27(34)31-20-9-7-6-8-10-20)29-16-15-22(36-29)23(24(29)28(32)35)26(33)30-21-13-11-19(12-14-21)17(2)3/h11-18,20,22-25H,5-10H2,1-4H3,(H,30,33)(H,31,34)/t18-,22+,23+,24+,25+,29-/m0/s1. The molecule has 7 heteroatoms. The zero-order valence-electron chi connectivity index (χ0n) is 21.8. The predicted octanol–water partition coefficient (Wildman–Crippen LogP) is 4.15. The lowest BCUT2D eigenvalue weighted by molar-refractivity contribution is -0.143. The summed E-state index contributed by atoms with van der Waals surface area (Å²) in [4.78, 5) is 42.9. The van der Waals surface area contributed by atoms with Gasteiger partial charge in [0.05, 0.1) is 17.9 Å². The van der Waals surface area contributed by atoms with Crippen molar-refractivity contribution in [3.63, 3.8) is 0 Å². The van der Waals surface area contributed by atoms with E-state index in [-0.39, 0.29) is 29.8 Å². The number of nitrogens with one attached hydrogen (secondary N) is 2. The van der Waals surface area contributed by atoms with Crippen molar-refractivity contribution in [2.45, 2.75) is 102 Å². The maximum absolute atomic E-state index is 13.9. The third-order valence-electron chi connectivity index (χ3n) is 8.73. The maximum atomic E-state index is 13.9. The molecule has 2 N–H and O–H groups in total. The smallest absolute Gasteiger partial charge is 0.246 e. The monoisotopic (exact) mass is 493 g/mol. The molecule has 3 amide bonds. The molecule has 0 radical (unpaired) electrons. The molecule has 4 aliphatic rings. The van der Waals surface area contributed by atoms with Gasteiger partial charge >= 0.3 is 0 Å². The summed E-state index contributed by atoms with van der Waals surface area (Å²) in [5.41, 5.74) is 0.786. The first-order chi connectivity index (χ1) is 17.3. The molecule has 1 aliphatic carbocycles.